The minimum absolute atomic E-state index is 0.0267. The number of aliphatic hydroxyl groups is 1. The number of aromatic carboxylic acids is 1. The minimum atomic E-state index is -1.32. The van der Waals surface area contributed by atoms with Crippen molar-refractivity contribution in [3.63, 3.8) is 0 Å². The predicted molar refractivity (Wildman–Crippen MR) is 108 cm³/mol. The second kappa shape index (κ2) is 9.28. The number of rotatable bonds is 7. The maximum atomic E-state index is 14.7. The van der Waals surface area contributed by atoms with Gasteiger partial charge in [-0.05, 0) is 42.4 Å². The first-order chi connectivity index (χ1) is 13.8. The summed E-state index contributed by atoms with van der Waals surface area (Å²) in [6, 6.07) is 2.90. The fourth-order valence-corrected chi connectivity index (χ4v) is 4.60. The zero-order valence-corrected chi connectivity index (χ0v) is 17.1. The van der Waals surface area contributed by atoms with Crippen molar-refractivity contribution in [1.29, 1.82) is 0 Å². The Bertz CT molecular complexity index is 809. The highest BCUT2D eigenvalue weighted by Crippen LogP contribution is 2.45. The van der Waals surface area contributed by atoms with Gasteiger partial charge in [-0.15, -0.1) is 11.6 Å². The summed E-state index contributed by atoms with van der Waals surface area (Å²) >= 11 is 6.56. The van der Waals surface area contributed by atoms with Gasteiger partial charge in [-0.25, -0.2) is 9.18 Å². The zero-order valence-electron chi connectivity index (χ0n) is 16.3. The molecular weight excluding hydrogens is 399 g/mol. The van der Waals surface area contributed by atoms with Gasteiger partial charge in [0.2, 0.25) is 0 Å². The number of halogens is 2. The molecule has 3 rings (SSSR count). The van der Waals surface area contributed by atoms with Gasteiger partial charge in [-0.1, -0.05) is 24.8 Å². The molecule has 0 spiro atoms. The number of hydrogen-bond donors (Lipinski definition) is 2. The Kier molecular flexibility index (Phi) is 6.98. The van der Waals surface area contributed by atoms with Crippen molar-refractivity contribution < 1.29 is 28.9 Å². The zero-order chi connectivity index (χ0) is 21.1. The molecule has 1 saturated carbocycles. The first-order valence-electron chi connectivity index (χ1n) is 9.71. The van der Waals surface area contributed by atoms with E-state index in [0.29, 0.717) is 37.0 Å². The first kappa shape index (κ1) is 21.8. The average Bonchev–Trinajstić information content (AvgIpc) is 2.85. The Hall–Kier alpha value is -1.89. The quantitative estimate of drug-likeness (QED) is 0.511. The van der Waals surface area contributed by atoms with E-state index in [1.165, 1.54) is 6.07 Å². The van der Waals surface area contributed by atoms with Crippen LogP contribution >= 0.6 is 11.6 Å². The van der Waals surface area contributed by atoms with Crippen LogP contribution in [-0.4, -0.2) is 47.5 Å². The molecule has 5 nitrogen and oxygen atoms in total. The molecule has 2 aliphatic rings. The summed E-state index contributed by atoms with van der Waals surface area (Å²) in [5, 5.41) is 19.2. The van der Waals surface area contributed by atoms with Crippen molar-refractivity contribution in [3.8, 4) is 5.75 Å². The molecule has 0 aromatic heterocycles. The van der Waals surface area contributed by atoms with Gasteiger partial charge in [-0.2, -0.15) is 0 Å². The summed E-state index contributed by atoms with van der Waals surface area (Å²) in [5.74, 6) is -2.11. The SMILES string of the molecule is C=C(CCOC)C(O)/C=C/[C@@H]1[C@H]2CCc3ccc(C(=O)O)c(F)c3O[C@H]2C[C@H]1Cl. The van der Waals surface area contributed by atoms with Gasteiger partial charge in [-0.3, -0.25) is 0 Å². The van der Waals surface area contributed by atoms with Crippen molar-refractivity contribution in [2.75, 3.05) is 13.7 Å². The Balaban J connectivity index is 1.76. The molecule has 5 atom stereocenters. The molecule has 0 radical (unpaired) electrons. The number of carboxylic acid groups (broad SMARTS) is 1. The van der Waals surface area contributed by atoms with E-state index in [2.05, 4.69) is 6.58 Å². The molecule has 1 unspecified atom stereocenters. The Morgan fingerprint density at radius 3 is 2.97 bits per heavy atom. The second-order valence-corrected chi connectivity index (χ2v) is 8.20. The Morgan fingerprint density at radius 1 is 1.52 bits per heavy atom. The van der Waals surface area contributed by atoms with Gasteiger partial charge in [0.25, 0.3) is 0 Å². The first-order valence-corrected chi connectivity index (χ1v) is 10.2. The summed E-state index contributed by atoms with van der Waals surface area (Å²) in [7, 11) is 1.60. The number of ether oxygens (including phenoxy) is 2. The van der Waals surface area contributed by atoms with Crippen molar-refractivity contribution in [1.82, 2.24) is 0 Å². The number of methoxy groups -OCH3 is 1. The van der Waals surface area contributed by atoms with Crippen LogP contribution in [0.1, 0.15) is 35.2 Å². The van der Waals surface area contributed by atoms with Crippen LogP contribution in [0.5, 0.6) is 5.75 Å². The number of alkyl halides is 1. The van der Waals surface area contributed by atoms with Crippen LogP contribution < -0.4 is 4.74 Å². The van der Waals surface area contributed by atoms with E-state index in [4.69, 9.17) is 26.2 Å². The lowest BCUT2D eigenvalue weighted by Crippen LogP contribution is -2.24. The number of benzene rings is 1. The van der Waals surface area contributed by atoms with E-state index in [0.717, 1.165) is 6.42 Å². The second-order valence-electron chi connectivity index (χ2n) is 7.64. The van der Waals surface area contributed by atoms with Crippen LogP contribution in [0.25, 0.3) is 0 Å². The number of hydrogen-bond acceptors (Lipinski definition) is 4. The van der Waals surface area contributed by atoms with Crippen LogP contribution in [0.2, 0.25) is 0 Å². The number of carboxylic acids is 1. The van der Waals surface area contributed by atoms with E-state index in [9.17, 15) is 14.3 Å². The lowest BCUT2D eigenvalue weighted by atomic mass is 9.88. The maximum Gasteiger partial charge on any atom is 0.338 e. The molecule has 0 saturated heterocycles. The number of carbonyl (C=O) groups is 1. The highest BCUT2D eigenvalue weighted by Gasteiger charge is 2.44. The van der Waals surface area contributed by atoms with Crippen molar-refractivity contribution in [2.45, 2.75) is 43.3 Å². The minimum Gasteiger partial charge on any atom is -0.487 e. The largest absolute Gasteiger partial charge is 0.487 e. The molecule has 0 bridgehead atoms. The number of fused-ring (bicyclic) bond motifs is 2. The summed E-state index contributed by atoms with van der Waals surface area (Å²) < 4.78 is 25.6. The lowest BCUT2D eigenvalue weighted by molar-refractivity contribution is 0.0689. The maximum absolute atomic E-state index is 14.7. The van der Waals surface area contributed by atoms with Gasteiger partial charge in [0.05, 0.1) is 11.7 Å². The van der Waals surface area contributed by atoms with E-state index in [-0.39, 0.29) is 29.1 Å². The van der Waals surface area contributed by atoms with E-state index in [1.54, 1.807) is 19.3 Å². The monoisotopic (exact) mass is 424 g/mol. The molecule has 7 heteroatoms. The number of allylic oxidation sites excluding steroid dienone is 1. The molecule has 0 amide bonds. The fourth-order valence-electron chi connectivity index (χ4n) is 4.16. The summed E-state index contributed by atoms with van der Waals surface area (Å²) in [5.41, 5.74) is 0.942. The molecule has 1 heterocycles. The molecule has 1 aromatic rings. The highest BCUT2D eigenvalue weighted by molar-refractivity contribution is 6.21. The van der Waals surface area contributed by atoms with Gasteiger partial charge >= 0.3 is 5.97 Å². The van der Waals surface area contributed by atoms with Gasteiger partial charge in [0, 0.05) is 31.4 Å². The number of aliphatic hydroxyl groups excluding tert-OH is 1. The van der Waals surface area contributed by atoms with Gasteiger partial charge in [0.15, 0.2) is 11.6 Å². The number of aryl methyl sites for hydroxylation is 1. The molecule has 158 valence electrons. The van der Waals surface area contributed by atoms with Crippen molar-refractivity contribution in [3.05, 3.63) is 53.4 Å². The lowest BCUT2D eigenvalue weighted by Gasteiger charge is -2.22. The fraction of sp³-hybridized carbons (Fsp3) is 0.500. The molecular formula is C22H26ClFO5. The van der Waals surface area contributed by atoms with E-state index in [1.807, 2.05) is 6.08 Å². The van der Waals surface area contributed by atoms with E-state index >= 15 is 0 Å². The Labute approximate surface area is 174 Å². The van der Waals surface area contributed by atoms with Gasteiger partial charge < -0.3 is 19.7 Å². The van der Waals surface area contributed by atoms with Crippen LogP contribution in [0.15, 0.2) is 36.4 Å². The average molecular weight is 425 g/mol. The molecule has 1 aliphatic heterocycles. The third-order valence-electron chi connectivity index (χ3n) is 5.83. The molecule has 1 aliphatic carbocycles. The van der Waals surface area contributed by atoms with E-state index < -0.39 is 23.5 Å². The predicted octanol–water partition coefficient (Wildman–Crippen LogP) is 3.97. The molecule has 29 heavy (non-hydrogen) atoms. The van der Waals surface area contributed by atoms with Crippen LogP contribution in [0.4, 0.5) is 4.39 Å². The standard InChI is InChI=1S/C22H26ClFO5/c1-12(9-10-28-2)18(25)8-7-14-15-5-3-13-4-6-16(22(26)27)20(24)21(13)29-19(15)11-17(14)23/h4,6-8,14-15,17-19,25H,1,3,5,9-11H2,2H3,(H,26,27)/b8-7+/t14-,15-,17-,18?,19+/m1/s1. The summed E-state index contributed by atoms with van der Waals surface area (Å²) in [6.45, 7) is 4.38. The smallest absolute Gasteiger partial charge is 0.338 e. The summed E-state index contributed by atoms with van der Waals surface area (Å²) in [4.78, 5) is 11.2. The third-order valence-corrected chi connectivity index (χ3v) is 6.30. The van der Waals surface area contributed by atoms with Crippen LogP contribution in [0, 0.1) is 17.7 Å². The summed E-state index contributed by atoms with van der Waals surface area (Å²) in [6.07, 6.45) is 4.91. The molecule has 2 N–H and O–H groups in total. The van der Waals surface area contributed by atoms with Crippen LogP contribution in [-0.2, 0) is 11.2 Å². The highest BCUT2D eigenvalue weighted by atomic mass is 35.5. The van der Waals surface area contributed by atoms with Gasteiger partial charge in [0.1, 0.15) is 6.10 Å². The van der Waals surface area contributed by atoms with Crippen molar-refractivity contribution in [2.24, 2.45) is 11.8 Å². The molecule has 1 fully saturated rings. The Morgan fingerprint density at radius 2 is 2.28 bits per heavy atom. The normalized spacial score (nSPS) is 27.0. The van der Waals surface area contributed by atoms with Crippen LogP contribution in [0.3, 0.4) is 0 Å². The van der Waals surface area contributed by atoms with Crippen molar-refractivity contribution >= 4 is 17.6 Å². The molecule has 1 aromatic carbocycles. The third kappa shape index (κ3) is 4.65. The topological polar surface area (TPSA) is 76.0 Å².